The van der Waals surface area contributed by atoms with Crippen LogP contribution in [0.4, 0.5) is 17.1 Å². The zero-order valence-corrected chi connectivity index (χ0v) is 34.4. The highest BCUT2D eigenvalue weighted by Crippen LogP contribution is 2.58. The molecule has 0 radical (unpaired) electrons. The molecule has 1 aliphatic rings. The van der Waals surface area contributed by atoms with E-state index in [-0.39, 0.29) is 0 Å². The van der Waals surface area contributed by atoms with Crippen molar-refractivity contribution in [1.82, 2.24) is 9.97 Å². The molecule has 294 valence electrons. The number of hydrogen-bond donors (Lipinski definition) is 0. The number of fused-ring (bicyclic) bond motifs is 4. The summed E-state index contributed by atoms with van der Waals surface area (Å²) in [5.41, 5.74) is 20.3. The molecule has 0 unspecified atom stereocenters. The summed E-state index contributed by atoms with van der Waals surface area (Å²) in [6, 6.07) is 77.1. The van der Waals surface area contributed by atoms with Gasteiger partial charge in [0.25, 0.3) is 0 Å². The molecule has 3 heteroatoms. The van der Waals surface area contributed by atoms with Crippen LogP contribution < -0.4 is 4.90 Å². The maximum Gasteiger partial charge on any atom is 0.0462 e. The Morgan fingerprint density at radius 3 is 1.14 bits per heavy atom. The van der Waals surface area contributed by atoms with Gasteiger partial charge in [0.15, 0.2) is 0 Å². The number of aromatic nitrogens is 2. The predicted molar refractivity (Wildman–Crippen MR) is 263 cm³/mol. The summed E-state index contributed by atoms with van der Waals surface area (Å²) in [7, 11) is 0. The van der Waals surface area contributed by atoms with E-state index < -0.39 is 0 Å². The minimum atomic E-state index is 1.07. The predicted octanol–water partition coefficient (Wildman–Crippen LogP) is 16.2. The lowest BCUT2D eigenvalue weighted by Crippen LogP contribution is -2.09. The molecule has 9 aromatic carbocycles. The maximum atomic E-state index is 4.35. The summed E-state index contributed by atoms with van der Waals surface area (Å²) >= 11 is 0. The largest absolute Gasteiger partial charge is 0.311 e. The molecule has 63 heavy (non-hydrogen) atoms. The smallest absolute Gasteiger partial charge is 0.0462 e. The zero-order valence-electron chi connectivity index (χ0n) is 34.4. The third kappa shape index (κ3) is 6.21. The van der Waals surface area contributed by atoms with E-state index in [2.05, 4.69) is 215 Å². The summed E-state index contributed by atoms with van der Waals surface area (Å²) in [6.45, 7) is 0. The van der Waals surface area contributed by atoms with Gasteiger partial charge in [0, 0.05) is 41.8 Å². The second-order valence-corrected chi connectivity index (χ2v) is 16.1. The van der Waals surface area contributed by atoms with Gasteiger partial charge in [0.1, 0.15) is 0 Å². The average Bonchev–Trinajstić information content (AvgIpc) is 3.69. The molecule has 0 saturated carbocycles. The van der Waals surface area contributed by atoms with Crippen LogP contribution in [0.25, 0.3) is 99.4 Å². The van der Waals surface area contributed by atoms with Crippen LogP contribution in [0.2, 0.25) is 0 Å². The van der Waals surface area contributed by atoms with Crippen molar-refractivity contribution in [1.29, 1.82) is 0 Å². The Morgan fingerprint density at radius 2 is 0.667 bits per heavy atom. The van der Waals surface area contributed by atoms with Crippen LogP contribution in [0.3, 0.4) is 0 Å². The molecule has 2 heterocycles. The van der Waals surface area contributed by atoms with Gasteiger partial charge in [-0.15, -0.1) is 0 Å². The highest BCUT2D eigenvalue weighted by molar-refractivity contribution is 6.28. The van der Waals surface area contributed by atoms with Gasteiger partial charge in [0.05, 0.1) is 0 Å². The van der Waals surface area contributed by atoms with Crippen LogP contribution in [0.15, 0.2) is 237 Å². The molecule has 3 nitrogen and oxygen atoms in total. The monoisotopic (exact) mass is 801 g/mol. The van der Waals surface area contributed by atoms with Gasteiger partial charge in [-0.3, -0.25) is 9.97 Å². The Kier molecular flexibility index (Phi) is 8.83. The van der Waals surface area contributed by atoms with E-state index >= 15 is 0 Å². The van der Waals surface area contributed by atoms with E-state index in [1.54, 1.807) is 0 Å². The summed E-state index contributed by atoms with van der Waals surface area (Å²) in [4.78, 5) is 11.0. The lowest BCUT2D eigenvalue weighted by atomic mass is 9.82. The van der Waals surface area contributed by atoms with Gasteiger partial charge >= 0.3 is 0 Å². The third-order valence-corrected chi connectivity index (χ3v) is 12.6. The lowest BCUT2D eigenvalue weighted by Gasteiger charge is -2.26. The summed E-state index contributed by atoms with van der Waals surface area (Å²) in [6.07, 6.45) is 7.45. The maximum absolute atomic E-state index is 4.35. The molecule has 1 aliphatic carbocycles. The molecule has 11 aromatic rings. The molecule has 0 spiro atoms. The standard InChI is InChI=1S/C60H39N3/c1-3-12-43(13-4-1)56-52-18-7-8-19-53(52)57(44-14-5-2-6-15-44)60-55-35-34-50(51-20-9-21-54(58(51)55)59(56)60)42-26-32-49(33-27-42)63(47-28-22-40(23-29-47)45-16-10-36-61-38-45)48-30-24-41(25-31-48)46-17-11-37-62-39-46/h1-39H. The van der Waals surface area contributed by atoms with Gasteiger partial charge < -0.3 is 4.90 Å². The minimum Gasteiger partial charge on any atom is -0.311 e. The Balaban J connectivity index is 0.997. The van der Waals surface area contributed by atoms with Crippen LogP contribution >= 0.6 is 0 Å². The molecule has 0 fully saturated rings. The number of anilines is 3. The highest BCUT2D eigenvalue weighted by Gasteiger charge is 2.31. The Labute approximate surface area is 366 Å². The average molecular weight is 802 g/mol. The van der Waals surface area contributed by atoms with E-state index in [1.165, 1.54) is 77.2 Å². The fourth-order valence-corrected chi connectivity index (χ4v) is 9.77. The van der Waals surface area contributed by atoms with Crippen LogP contribution in [-0.4, -0.2) is 9.97 Å². The minimum absolute atomic E-state index is 1.07. The van der Waals surface area contributed by atoms with Crippen LogP contribution in [0.1, 0.15) is 0 Å². The van der Waals surface area contributed by atoms with Crippen molar-refractivity contribution in [3.63, 3.8) is 0 Å². The molecule has 0 N–H and O–H groups in total. The lowest BCUT2D eigenvalue weighted by molar-refractivity contribution is 1.28. The van der Waals surface area contributed by atoms with Crippen molar-refractivity contribution in [3.05, 3.63) is 237 Å². The topological polar surface area (TPSA) is 29.0 Å². The molecule has 2 aromatic heterocycles. The van der Waals surface area contributed by atoms with Gasteiger partial charge in [-0.1, -0.05) is 164 Å². The first-order valence-corrected chi connectivity index (χ1v) is 21.5. The fourth-order valence-electron chi connectivity index (χ4n) is 9.77. The molecule has 0 atom stereocenters. The van der Waals surface area contributed by atoms with E-state index in [0.717, 1.165) is 39.3 Å². The fraction of sp³-hybridized carbons (Fsp3) is 0. The Hall–Kier alpha value is -8.40. The van der Waals surface area contributed by atoms with Crippen molar-refractivity contribution < 1.29 is 0 Å². The molecule has 0 aliphatic heterocycles. The first-order valence-electron chi connectivity index (χ1n) is 21.5. The van der Waals surface area contributed by atoms with Gasteiger partial charge in [-0.25, -0.2) is 0 Å². The highest BCUT2D eigenvalue weighted by atomic mass is 15.1. The number of pyridine rings is 2. The first kappa shape index (κ1) is 36.5. The summed E-state index contributed by atoms with van der Waals surface area (Å²) in [5, 5.41) is 5.10. The Bertz CT molecular complexity index is 3260. The number of nitrogens with zero attached hydrogens (tertiary/aromatic N) is 3. The molecule has 0 amide bonds. The quantitative estimate of drug-likeness (QED) is 0.153. The van der Waals surface area contributed by atoms with Crippen molar-refractivity contribution >= 4 is 38.6 Å². The molecule has 0 bridgehead atoms. The van der Waals surface area contributed by atoms with Crippen LogP contribution in [0.5, 0.6) is 0 Å². The van der Waals surface area contributed by atoms with E-state index in [4.69, 9.17) is 0 Å². The Morgan fingerprint density at radius 1 is 0.254 bits per heavy atom. The third-order valence-electron chi connectivity index (χ3n) is 12.6. The first-order chi connectivity index (χ1) is 31.3. The summed E-state index contributed by atoms with van der Waals surface area (Å²) < 4.78 is 0. The number of hydrogen-bond acceptors (Lipinski definition) is 3. The zero-order chi connectivity index (χ0) is 41.7. The van der Waals surface area contributed by atoms with Gasteiger partial charge in [-0.05, 0) is 148 Å². The van der Waals surface area contributed by atoms with Crippen molar-refractivity contribution in [2.75, 3.05) is 4.90 Å². The summed E-state index contributed by atoms with van der Waals surface area (Å²) in [5.74, 6) is 0. The van der Waals surface area contributed by atoms with Crippen LogP contribution in [-0.2, 0) is 0 Å². The second-order valence-electron chi connectivity index (χ2n) is 16.1. The molecular weight excluding hydrogens is 763 g/mol. The van der Waals surface area contributed by atoms with E-state index in [0.29, 0.717) is 0 Å². The van der Waals surface area contributed by atoms with Gasteiger partial charge in [-0.2, -0.15) is 0 Å². The number of rotatable bonds is 8. The van der Waals surface area contributed by atoms with E-state index in [1.807, 2.05) is 36.9 Å². The van der Waals surface area contributed by atoms with Crippen molar-refractivity contribution in [2.24, 2.45) is 0 Å². The van der Waals surface area contributed by atoms with E-state index in [9.17, 15) is 0 Å². The van der Waals surface area contributed by atoms with Crippen molar-refractivity contribution in [3.8, 4) is 77.9 Å². The normalized spacial score (nSPS) is 11.5. The van der Waals surface area contributed by atoms with Crippen LogP contribution in [0, 0.1) is 0 Å². The SMILES string of the molecule is c1ccc(-c2c3c(c(-c4ccccc4)c4ccccc24)-c2ccc(-c4ccc(N(c5ccc(-c6cccnc6)cc5)c5ccc(-c6cccnc6)cc5)cc4)c4cccc-3c24)cc1. The second kappa shape index (κ2) is 15.3. The molecule has 0 saturated heterocycles. The molecule has 12 rings (SSSR count). The number of benzene rings is 9. The van der Waals surface area contributed by atoms with Gasteiger partial charge in [0.2, 0.25) is 0 Å². The molecular formula is C60H39N3. The van der Waals surface area contributed by atoms with Crippen molar-refractivity contribution in [2.45, 2.75) is 0 Å².